The van der Waals surface area contributed by atoms with E-state index < -0.39 is 0 Å². The van der Waals surface area contributed by atoms with Crippen LogP contribution in [-0.4, -0.2) is 43.4 Å². The quantitative estimate of drug-likeness (QED) is 0.709. The number of H-pyrrole nitrogens is 1. The molecule has 1 saturated carbocycles. The van der Waals surface area contributed by atoms with Crippen LogP contribution in [0.15, 0.2) is 22.8 Å². The average Bonchev–Trinajstić information content (AvgIpc) is 3.10. The highest BCUT2D eigenvalue weighted by Crippen LogP contribution is 2.28. The van der Waals surface area contributed by atoms with Crippen molar-refractivity contribution < 1.29 is 18.7 Å². The van der Waals surface area contributed by atoms with Crippen molar-refractivity contribution in [3.05, 3.63) is 34.2 Å². The molecule has 1 aromatic heterocycles. The minimum absolute atomic E-state index is 0.118. The minimum atomic E-state index is -0.384. The summed E-state index contributed by atoms with van der Waals surface area (Å²) < 4.78 is 25.1. The zero-order valence-corrected chi connectivity index (χ0v) is 15.7. The summed E-state index contributed by atoms with van der Waals surface area (Å²) in [5.41, 5.74) is 0.817. The van der Waals surface area contributed by atoms with Gasteiger partial charge in [0.2, 0.25) is 0 Å². The van der Waals surface area contributed by atoms with Crippen molar-refractivity contribution in [2.75, 3.05) is 20.3 Å². The second-order valence-corrected chi connectivity index (χ2v) is 7.15. The van der Waals surface area contributed by atoms with Gasteiger partial charge in [-0.1, -0.05) is 0 Å². The van der Waals surface area contributed by atoms with E-state index in [0.717, 1.165) is 25.7 Å². The first-order chi connectivity index (χ1) is 12.1. The summed E-state index contributed by atoms with van der Waals surface area (Å²) in [5.74, 6) is -0.556. The van der Waals surface area contributed by atoms with Crippen molar-refractivity contribution in [2.45, 2.75) is 37.8 Å². The molecular weight excluding hydrogens is 391 g/mol. The molecule has 0 spiro atoms. The first kappa shape index (κ1) is 18.4. The van der Waals surface area contributed by atoms with Crippen LogP contribution >= 0.6 is 15.9 Å². The molecule has 0 saturated heterocycles. The van der Waals surface area contributed by atoms with E-state index in [1.807, 2.05) is 0 Å². The number of hydrogen-bond acceptors (Lipinski definition) is 3. The lowest BCUT2D eigenvalue weighted by molar-refractivity contribution is -0.00408. The van der Waals surface area contributed by atoms with E-state index in [0.29, 0.717) is 29.7 Å². The third-order valence-corrected chi connectivity index (χ3v) is 5.21. The lowest BCUT2D eigenvalue weighted by Gasteiger charge is -2.29. The Bertz CT molecular complexity index is 741. The first-order valence-electron chi connectivity index (χ1n) is 8.46. The number of carbonyl (C=O) groups excluding carboxylic acids is 1. The van der Waals surface area contributed by atoms with Crippen molar-refractivity contribution in [1.29, 1.82) is 0 Å². The number of hydrogen-bond donors (Lipinski definition) is 2. The summed E-state index contributed by atoms with van der Waals surface area (Å²) in [5, 5.41) is 3.67. The second-order valence-electron chi connectivity index (χ2n) is 6.30. The normalized spacial score (nSPS) is 20.8. The van der Waals surface area contributed by atoms with Crippen LogP contribution in [0.5, 0.6) is 0 Å². The van der Waals surface area contributed by atoms with Crippen LogP contribution in [0.1, 0.15) is 36.0 Å². The van der Waals surface area contributed by atoms with E-state index in [4.69, 9.17) is 9.47 Å². The molecule has 1 aromatic carbocycles. The van der Waals surface area contributed by atoms with E-state index in [9.17, 15) is 9.18 Å². The van der Waals surface area contributed by atoms with Crippen molar-refractivity contribution in [3.8, 4) is 0 Å². The van der Waals surface area contributed by atoms with Crippen molar-refractivity contribution >= 4 is 32.7 Å². The molecule has 1 heterocycles. The van der Waals surface area contributed by atoms with E-state index in [2.05, 4.69) is 26.2 Å². The smallest absolute Gasteiger partial charge is 0.252 e. The van der Waals surface area contributed by atoms with E-state index in [1.54, 1.807) is 25.4 Å². The van der Waals surface area contributed by atoms with Gasteiger partial charge in [0.1, 0.15) is 0 Å². The van der Waals surface area contributed by atoms with Gasteiger partial charge in [-0.3, -0.25) is 4.79 Å². The number of nitrogens with one attached hydrogen (secondary N) is 2. The fourth-order valence-electron chi connectivity index (χ4n) is 3.29. The predicted molar refractivity (Wildman–Crippen MR) is 97.3 cm³/mol. The van der Waals surface area contributed by atoms with Gasteiger partial charge in [0.05, 0.1) is 34.9 Å². The van der Waals surface area contributed by atoms with Crippen LogP contribution in [0.2, 0.25) is 0 Å². The molecule has 1 aliphatic rings. The van der Waals surface area contributed by atoms with Gasteiger partial charge in [-0.25, -0.2) is 4.39 Å². The van der Waals surface area contributed by atoms with Crippen molar-refractivity contribution in [1.82, 2.24) is 10.3 Å². The van der Waals surface area contributed by atoms with Crippen molar-refractivity contribution in [3.63, 3.8) is 0 Å². The summed E-state index contributed by atoms with van der Waals surface area (Å²) in [6.45, 7) is 1.20. The number of amides is 1. The molecule has 1 amide bonds. The molecule has 7 heteroatoms. The van der Waals surface area contributed by atoms with E-state index >= 15 is 0 Å². The molecule has 2 N–H and O–H groups in total. The predicted octanol–water partition coefficient (Wildman–Crippen LogP) is 3.77. The SMILES string of the molecule is COCCOC1CCC(NC(=O)c2cc(Br)c(F)c3[nH]ccc23)CC1. The molecule has 0 radical (unpaired) electrons. The van der Waals surface area contributed by atoms with Gasteiger partial charge >= 0.3 is 0 Å². The van der Waals surface area contributed by atoms with Crippen molar-refractivity contribution in [2.24, 2.45) is 0 Å². The Kier molecular flexibility index (Phi) is 6.09. The van der Waals surface area contributed by atoms with Crippen LogP contribution in [0.3, 0.4) is 0 Å². The monoisotopic (exact) mass is 412 g/mol. The lowest BCUT2D eigenvalue weighted by atomic mass is 9.92. The number of ether oxygens (including phenoxy) is 2. The standard InChI is InChI=1S/C18H22BrFN2O3/c1-24-8-9-25-12-4-2-11(3-5-12)22-18(23)14-10-15(19)16(20)17-13(14)6-7-21-17/h6-7,10-12,21H,2-5,8-9H2,1H3,(H,22,23). The van der Waals surface area contributed by atoms with Crippen LogP contribution in [0, 0.1) is 5.82 Å². The zero-order chi connectivity index (χ0) is 17.8. The van der Waals surface area contributed by atoms with E-state index in [1.165, 1.54) is 0 Å². The molecular formula is C18H22BrFN2O3. The Morgan fingerprint density at radius 3 is 2.84 bits per heavy atom. The Balaban J connectivity index is 1.61. The Morgan fingerprint density at radius 2 is 2.12 bits per heavy atom. The largest absolute Gasteiger partial charge is 0.382 e. The van der Waals surface area contributed by atoms with Crippen LogP contribution in [-0.2, 0) is 9.47 Å². The summed E-state index contributed by atoms with van der Waals surface area (Å²) in [4.78, 5) is 15.5. The molecule has 0 atom stereocenters. The highest BCUT2D eigenvalue weighted by molar-refractivity contribution is 9.10. The zero-order valence-electron chi connectivity index (χ0n) is 14.1. The van der Waals surface area contributed by atoms with Gasteiger partial charge in [0.25, 0.3) is 5.91 Å². The number of fused-ring (bicyclic) bond motifs is 1. The molecule has 2 aromatic rings. The van der Waals surface area contributed by atoms with Crippen LogP contribution in [0.25, 0.3) is 10.9 Å². The summed E-state index contributed by atoms with van der Waals surface area (Å²) in [6.07, 6.45) is 5.46. The molecule has 25 heavy (non-hydrogen) atoms. The third-order valence-electron chi connectivity index (χ3n) is 4.63. The fourth-order valence-corrected chi connectivity index (χ4v) is 3.71. The summed E-state index contributed by atoms with van der Waals surface area (Å²) >= 11 is 3.18. The Morgan fingerprint density at radius 1 is 1.36 bits per heavy atom. The van der Waals surface area contributed by atoms with Gasteiger partial charge < -0.3 is 19.8 Å². The molecule has 0 unspecified atom stereocenters. The number of halogens is 2. The topological polar surface area (TPSA) is 63.4 Å². The van der Waals surface area contributed by atoms with Crippen LogP contribution in [0.4, 0.5) is 4.39 Å². The maximum absolute atomic E-state index is 14.1. The number of aromatic nitrogens is 1. The number of rotatable bonds is 6. The number of methoxy groups -OCH3 is 1. The number of aromatic amines is 1. The number of benzene rings is 1. The number of carbonyl (C=O) groups is 1. The third kappa shape index (κ3) is 4.22. The molecule has 1 fully saturated rings. The first-order valence-corrected chi connectivity index (χ1v) is 9.26. The summed E-state index contributed by atoms with van der Waals surface area (Å²) in [7, 11) is 1.66. The Labute approximate surface area is 154 Å². The Hall–Kier alpha value is -1.44. The van der Waals surface area contributed by atoms with Gasteiger partial charge in [-0.15, -0.1) is 0 Å². The van der Waals surface area contributed by atoms with Crippen LogP contribution < -0.4 is 5.32 Å². The van der Waals surface area contributed by atoms with Gasteiger partial charge in [-0.2, -0.15) is 0 Å². The molecule has 0 bridgehead atoms. The minimum Gasteiger partial charge on any atom is -0.382 e. The fraction of sp³-hybridized carbons (Fsp3) is 0.500. The average molecular weight is 413 g/mol. The van der Waals surface area contributed by atoms with Gasteiger partial charge in [-0.05, 0) is 53.7 Å². The summed E-state index contributed by atoms with van der Waals surface area (Å²) in [6, 6.07) is 3.38. The van der Waals surface area contributed by atoms with Gasteiger partial charge in [0, 0.05) is 24.7 Å². The van der Waals surface area contributed by atoms with E-state index in [-0.39, 0.29) is 28.3 Å². The molecule has 0 aliphatic heterocycles. The molecule has 136 valence electrons. The highest BCUT2D eigenvalue weighted by atomic mass is 79.9. The second kappa shape index (κ2) is 8.29. The van der Waals surface area contributed by atoms with Gasteiger partial charge in [0.15, 0.2) is 5.82 Å². The molecule has 5 nitrogen and oxygen atoms in total. The maximum Gasteiger partial charge on any atom is 0.252 e. The molecule has 1 aliphatic carbocycles. The lowest BCUT2D eigenvalue weighted by Crippen LogP contribution is -2.39. The highest BCUT2D eigenvalue weighted by Gasteiger charge is 2.24. The molecule has 3 rings (SSSR count). The maximum atomic E-state index is 14.1.